The molecular formula is C16H21ClFN3. The molecule has 0 atom stereocenters. The Morgan fingerprint density at radius 2 is 1.86 bits per heavy atom. The lowest BCUT2D eigenvalue weighted by atomic mass is 10.1. The SMILES string of the molecule is Fc1ccc(NC2=CCN(N3CCCCC3)CC2)c(Cl)c1. The number of hydrogen-bond donors (Lipinski definition) is 1. The molecule has 1 fully saturated rings. The highest BCUT2D eigenvalue weighted by Crippen LogP contribution is 2.25. The molecule has 2 aliphatic rings. The van der Waals surface area contributed by atoms with Crippen molar-refractivity contribution in [3.8, 4) is 0 Å². The molecular weight excluding hydrogens is 289 g/mol. The lowest BCUT2D eigenvalue weighted by Gasteiger charge is -2.39. The minimum absolute atomic E-state index is 0.306. The van der Waals surface area contributed by atoms with Crippen LogP contribution in [0.1, 0.15) is 25.7 Å². The van der Waals surface area contributed by atoms with Gasteiger partial charge in [0, 0.05) is 38.3 Å². The van der Waals surface area contributed by atoms with Crippen LogP contribution in [0.3, 0.4) is 0 Å². The number of rotatable bonds is 3. The maximum Gasteiger partial charge on any atom is 0.124 e. The van der Waals surface area contributed by atoms with Gasteiger partial charge < -0.3 is 5.32 Å². The summed E-state index contributed by atoms with van der Waals surface area (Å²) in [5.41, 5.74) is 1.94. The summed E-state index contributed by atoms with van der Waals surface area (Å²) in [6.45, 7) is 4.32. The van der Waals surface area contributed by atoms with Gasteiger partial charge in [-0.25, -0.2) is 14.4 Å². The predicted molar refractivity (Wildman–Crippen MR) is 84.7 cm³/mol. The van der Waals surface area contributed by atoms with Crippen molar-refractivity contribution >= 4 is 17.3 Å². The van der Waals surface area contributed by atoms with E-state index in [2.05, 4.69) is 21.4 Å². The fourth-order valence-electron chi connectivity index (χ4n) is 2.95. The van der Waals surface area contributed by atoms with E-state index in [0.717, 1.165) is 30.9 Å². The first kappa shape index (κ1) is 14.8. The Labute approximate surface area is 130 Å². The standard InChI is InChI=1S/C16H21ClFN3/c17-15-12-13(18)4-5-16(15)19-14-6-10-21(11-7-14)20-8-2-1-3-9-20/h4-6,12,19H,1-3,7-11H2. The molecule has 0 bridgehead atoms. The van der Waals surface area contributed by atoms with E-state index in [1.165, 1.54) is 44.5 Å². The number of piperidine rings is 1. The first-order valence-electron chi connectivity index (χ1n) is 7.63. The summed E-state index contributed by atoms with van der Waals surface area (Å²) in [5.74, 6) is -0.306. The Morgan fingerprint density at radius 3 is 2.52 bits per heavy atom. The molecule has 1 aromatic rings. The maximum atomic E-state index is 13.0. The van der Waals surface area contributed by atoms with Crippen molar-refractivity contribution < 1.29 is 4.39 Å². The van der Waals surface area contributed by atoms with Crippen molar-refractivity contribution in [2.45, 2.75) is 25.7 Å². The second kappa shape index (κ2) is 6.77. The van der Waals surface area contributed by atoms with Crippen LogP contribution in [0.2, 0.25) is 5.02 Å². The van der Waals surface area contributed by atoms with Gasteiger partial charge in [-0.2, -0.15) is 0 Å². The highest BCUT2D eigenvalue weighted by molar-refractivity contribution is 6.33. The summed E-state index contributed by atoms with van der Waals surface area (Å²) in [7, 11) is 0. The first-order chi connectivity index (χ1) is 10.2. The van der Waals surface area contributed by atoms with Crippen LogP contribution >= 0.6 is 11.6 Å². The molecule has 1 saturated heterocycles. The van der Waals surface area contributed by atoms with Crippen LogP contribution in [0.25, 0.3) is 0 Å². The van der Waals surface area contributed by atoms with E-state index in [9.17, 15) is 4.39 Å². The van der Waals surface area contributed by atoms with Crippen molar-refractivity contribution in [2.24, 2.45) is 0 Å². The second-order valence-corrected chi connectivity index (χ2v) is 6.06. The summed E-state index contributed by atoms with van der Waals surface area (Å²) in [6, 6.07) is 4.46. The van der Waals surface area contributed by atoms with Gasteiger partial charge in [-0.1, -0.05) is 18.0 Å². The van der Waals surface area contributed by atoms with E-state index in [0.29, 0.717) is 5.02 Å². The molecule has 1 aromatic carbocycles. The summed E-state index contributed by atoms with van der Waals surface area (Å²) in [4.78, 5) is 0. The molecule has 21 heavy (non-hydrogen) atoms. The maximum absolute atomic E-state index is 13.0. The molecule has 0 unspecified atom stereocenters. The number of halogens is 2. The van der Waals surface area contributed by atoms with Gasteiger partial charge in [0.05, 0.1) is 10.7 Å². The molecule has 0 radical (unpaired) electrons. The molecule has 0 saturated carbocycles. The average Bonchev–Trinajstić information content (AvgIpc) is 2.52. The van der Waals surface area contributed by atoms with Gasteiger partial charge in [-0.05, 0) is 37.1 Å². The van der Waals surface area contributed by atoms with Gasteiger partial charge in [0.2, 0.25) is 0 Å². The second-order valence-electron chi connectivity index (χ2n) is 5.66. The van der Waals surface area contributed by atoms with Crippen molar-refractivity contribution in [1.29, 1.82) is 0 Å². The molecule has 0 aromatic heterocycles. The van der Waals surface area contributed by atoms with E-state index in [1.807, 2.05) is 0 Å². The molecule has 3 rings (SSSR count). The van der Waals surface area contributed by atoms with Crippen LogP contribution in [-0.4, -0.2) is 36.2 Å². The Hall–Kier alpha value is -1.10. The third kappa shape index (κ3) is 3.76. The molecule has 1 N–H and O–H groups in total. The van der Waals surface area contributed by atoms with Crippen LogP contribution < -0.4 is 5.32 Å². The highest BCUT2D eigenvalue weighted by atomic mass is 35.5. The average molecular weight is 310 g/mol. The van der Waals surface area contributed by atoms with Gasteiger partial charge in [0.15, 0.2) is 0 Å². The van der Waals surface area contributed by atoms with E-state index < -0.39 is 0 Å². The molecule has 2 heterocycles. The molecule has 0 aliphatic carbocycles. The molecule has 0 spiro atoms. The molecule has 0 amide bonds. The van der Waals surface area contributed by atoms with Crippen LogP contribution in [0.5, 0.6) is 0 Å². The van der Waals surface area contributed by atoms with Gasteiger partial charge in [-0.3, -0.25) is 0 Å². The number of hydrazine groups is 1. The predicted octanol–water partition coefficient (Wildman–Crippen LogP) is 3.88. The van der Waals surface area contributed by atoms with Gasteiger partial charge >= 0.3 is 0 Å². The van der Waals surface area contributed by atoms with Gasteiger partial charge in [0.1, 0.15) is 5.82 Å². The summed E-state index contributed by atoms with van der Waals surface area (Å²) in [5, 5.41) is 8.64. The summed E-state index contributed by atoms with van der Waals surface area (Å²) >= 11 is 6.05. The highest BCUT2D eigenvalue weighted by Gasteiger charge is 2.20. The Morgan fingerprint density at radius 1 is 1.05 bits per heavy atom. The quantitative estimate of drug-likeness (QED) is 0.914. The monoisotopic (exact) mass is 309 g/mol. The minimum Gasteiger partial charge on any atom is -0.358 e. The number of nitrogens with zero attached hydrogens (tertiary/aromatic N) is 2. The van der Waals surface area contributed by atoms with Crippen LogP contribution in [0, 0.1) is 5.82 Å². The van der Waals surface area contributed by atoms with Crippen LogP contribution in [-0.2, 0) is 0 Å². The largest absolute Gasteiger partial charge is 0.358 e. The number of hydrogen-bond acceptors (Lipinski definition) is 3. The fraction of sp³-hybridized carbons (Fsp3) is 0.500. The normalized spacial score (nSPS) is 21.1. The minimum atomic E-state index is -0.306. The lowest BCUT2D eigenvalue weighted by Crippen LogP contribution is -2.47. The van der Waals surface area contributed by atoms with Gasteiger partial charge in [0.25, 0.3) is 0 Å². The molecule has 3 nitrogen and oxygen atoms in total. The zero-order chi connectivity index (χ0) is 14.7. The smallest absolute Gasteiger partial charge is 0.124 e. The van der Waals surface area contributed by atoms with Crippen molar-refractivity contribution in [3.63, 3.8) is 0 Å². The van der Waals surface area contributed by atoms with E-state index >= 15 is 0 Å². The number of nitrogens with one attached hydrogen (secondary N) is 1. The molecule has 5 heteroatoms. The number of anilines is 1. The zero-order valence-corrected chi connectivity index (χ0v) is 12.9. The van der Waals surface area contributed by atoms with Crippen molar-refractivity contribution in [3.05, 3.63) is 40.8 Å². The molecule has 2 aliphatic heterocycles. The zero-order valence-electron chi connectivity index (χ0n) is 12.1. The number of benzene rings is 1. The van der Waals surface area contributed by atoms with Crippen molar-refractivity contribution in [1.82, 2.24) is 10.0 Å². The Kier molecular flexibility index (Phi) is 4.78. The fourth-order valence-corrected chi connectivity index (χ4v) is 3.17. The topological polar surface area (TPSA) is 18.5 Å². The lowest BCUT2D eigenvalue weighted by molar-refractivity contribution is -0.0322. The Balaban J connectivity index is 1.59. The third-order valence-electron chi connectivity index (χ3n) is 4.15. The van der Waals surface area contributed by atoms with Crippen LogP contribution in [0.15, 0.2) is 30.0 Å². The van der Waals surface area contributed by atoms with E-state index in [4.69, 9.17) is 11.6 Å². The van der Waals surface area contributed by atoms with E-state index in [1.54, 1.807) is 6.07 Å². The first-order valence-corrected chi connectivity index (χ1v) is 8.01. The third-order valence-corrected chi connectivity index (χ3v) is 4.46. The van der Waals surface area contributed by atoms with Gasteiger partial charge in [-0.15, -0.1) is 0 Å². The Bertz CT molecular complexity index is 526. The van der Waals surface area contributed by atoms with Crippen LogP contribution in [0.4, 0.5) is 10.1 Å². The van der Waals surface area contributed by atoms with E-state index in [-0.39, 0.29) is 5.82 Å². The van der Waals surface area contributed by atoms with Crippen molar-refractivity contribution in [2.75, 3.05) is 31.5 Å². The summed E-state index contributed by atoms with van der Waals surface area (Å²) in [6.07, 6.45) is 7.13. The molecule has 114 valence electrons. The summed E-state index contributed by atoms with van der Waals surface area (Å²) < 4.78 is 13.0.